The van der Waals surface area contributed by atoms with Crippen molar-refractivity contribution in [1.82, 2.24) is 15.8 Å². The normalized spacial score (nSPS) is 15.9. The van der Waals surface area contributed by atoms with E-state index in [0.29, 0.717) is 43.9 Å². The molecule has 3 rings (SSSR count). The van der Waals surface area contributed by atoms with Crippen molar-refractivity contribution >= 4 is 17.7 Å². The number of nitrogens with zero attached hydrogens (tertiary/aromatic N) is 1. The fourth-order valence-corrected chi connectivity index (χ4v) is 3.46. The van der Waals surface area contributed by atoms with Gasteiger partial charge in [0.1, 0.15) is 5.75 Å². The van der Waals surface area contributed by atoms with Crippen LogP contribution in [0.5, 0.6) is 5.75 Å². The van der Waals surface area contributed by atoms with Crippen LogP contribution in [0.25, 0.3) is 0 Å². The summed E-state index contributed by atoms with van der Waals surface area (Å²) < 4.78 is 5.35. The molecule has 0 aliphatic carbocycles. The molecule has 2 N–H and O–H groups in total. The van der Waals surface area contributed by atoms with Crippen LogP contribution in [0.4, 0.5) is 0 Å². The molecule has 0 spiro atoms. The van der Waals surface area contributed by atoms with E-state index >= 15 is 0 Å². The van der Waals surface area contributed by atoms with E-state index in [1.165, 1.54) is 0 Å². The third-order valence-electron chi connectivity index (χ3n) is 5.07. The number of ether oxygens (including phenoxy) is 1. The van der Waals surface area contributed by atoms with E-state index in [-0.39, 0.29) is 17.7 Å². The van der Waals surface area contributed by atoms with Gasteiger partial charge < -0.3 is 9.64 Å². The largest absolute Gasteiger partial charge is 0.494 e. The lowest BCUT2D eigenvalue weighted by atomic mass is 9.97. The maximum absolute atomic E-state index is 12.6. The van der Waals surface area contributed by atoms with E-state index in [9.17, 15) is 14.4 Å². The van der Waals surface area contributed by atoms with Crippen LogP contribution in [-0.2, 0) is 16.0 Å². The SMILES string of the molecule is CCOc1ccc(C(=O)NNC(=O)C2CCCN(C(=O)Cc3ccccc3)C2)cc1. The molecule has 1 saturated heterocycles. The van der Waals surface area contributed by atoms with Crippen LogP contribution in [0.2, 0.25) is 0 Å². The summed E-state index contributed by atoms with van der Waals surface area (Å²) in [7, 11) is 0. The van der Waals surface area contributed by atoms with Crippen molar-refractivity contribution < 1.29 is 19.1 Å². The molecule has 1 heterocycles. The van der Waals surface area contributed by atoms with Gasteiger partial charge in [0.15, 0.2) is 0 Å². The molecule has 0 bridgehead atoms. The molecule has 1 atom stereocenters. The highest BCUT2D eigenvalue weighted by Crippen LogP contribution is 2.18. The molecule has 1 aliphatic rings. The highest BCUT2D eigenvalue weighted by Gasteiger charge is 2.28. The summed E-state index contributed by atoms with van der Waals surface area (Å²) in [5.74, 6) is -0.345. The number of carbonyl (C=O) groups is 3. The highest BCUT2D eigenvalue weighted by molar-refractivity contribution is 5.95. The number of amides is 3. The van der Waals surface area contributed by atoms with Crippen LogP contribution >= 0.6 is 0 Å². The highest BCUT2D eigenvalue weighted by atomic mass is 16.5. The molecule has 2 aromatic carbocycles. The lowest BCUT2D eigenvalue weighted by molar-refractivity contribution is -0.135. The number of piperidine rings is 1. The third kappa shape index (κ3) is 5.83. The van der Waals surface area contributed by atoms with Gasteiger partial charge in [-0.1, -0.05) is 30.3 Å². The number of hydrogen-bond donors (Lipinski definition) is 2. The maximum atomic E-state index is 12.6. The van der Waals surface area contributed by atoms with E-state index in [2.05, 4.69) is 10.9 Å². The number of carbonyl (C=O) groups excluding carboxylic acids is 3. The zero-order valence-electron chi connectivity index (χ0n) is 17.1. The lowest BCUT2D eigenvalue weighted by Crippen LogP contribution is -2.50. The number of hydrogen-bond acceptors (Lipinski definition) is 4. The lowest BCUT2D eigenvalue weighted by Gasteiger charge is -2.32. The Kier molecular flexibility index (Phi) is 7.43. The second kappa shape index (κ2) is 10.4. The van der Waals surface area contributed by atoms with E-state index < -0.39 is 5.91 Å². The topological polar surface area (TPSA) is 87.7 Å². The predicted octanol–water partition coefficient (Wildman–Crippen LogP) is 2.33. The smallest absolute Gasteiger partial charge is 0.269 e. The Hall–Kier alpha value is -3.35. The number of nitrogens with one attached hydrogen (secondary N) is 2. The van der Waals surface area contributed by atoms with Gasteiger partial charge >= 0.3 is 0 Å². The first-order valence-corrected chi connectivity index (χ1v) is 10.2. The van der Waals surface area contributed by atoms with Gasteiger partial charge in [-0.25, -0.2) is 0 Å². The van der Waals surface area contributed by atoms with Crippen molar-refractivity contribution in [2.24, 2.45) is 5.92 Å². The molecule has 158 valence electrons. The Labute approximate surface area is 176 Å². The van der Waals surface area contributed by atoms with E-state index in [1.54, 1.807) is 29.2 Å². The number of hydrazine groups is 1. The summed E-state index contributed by atoms with van der Waals surface area (Å²) in [6, 6.07) is 16.2. The summed E-state index contributed by atoms with van der Waals surface area (Å²) in [5, 5.41) is 0. The minimum absolute atomic E-state index is 0.0112. The van der Waals surface area contributed by atoms with Crippen molar-refractivity contribution in [2.75, 3.05) is 19.7 Å². The summed E-state index contributed by atoms with van der Waals surface area (Å²) in [6.45, 7) is 3.44. The van der Waals surface area contributed by atoms with Crippen LogP contribution in [-0.4, -0.2) is 42.3 Å². The molecule has 0 aromatic heterocycles. The second-order valence-corrected chi connectivity index (χ2v) is 7.24. The average molecular weight is 409 g/mol. The Morgan fingerprint density at radius 1 is 1.03 bits per heavy atom. The summed E-state index contributed by atoms with van der Waals surface area (Å²) in [4.78, 5) is 39.1. The van der Waals surface area contributed by atoms with Gasteiger partial charge in [0.25, 0.3) is 5.91 Å². The Morgan fingerprint density at radius 3 is 2.47 bits per heavy atom. The molecular formula is C23H27N3O4. The zero-order valence-corrected chi connectivity index (χ0v) is 17.1. The van der Waals surface area contributed by atoms with Crippen LogP contribution in [0.3, 0.4) is 0 Å². The van der Waals surface area contributed by atoms with Gasteiger partial charge in [0.05, 0.1) is 18.9 Å². The van der Waals surface area contributed by atoms with E-state index in [1.807, 2.05) is 37.3 Å². The maximum Gasteiger partial charge on any atom is 0.269 e. The van der Waals surface area contributed by atoms with Gasteiger partial charge in [0.2, 0.25) is 11.8 Å². The number of rotatable bonds is 6. The first-order valence-electron chi connectivity index (χ1n) is 10.2. The molecular weight excluding hydrogens is 382 g/mol. The van der Waals surface area contributed by atoms with Gasteiger partial charge in [-0.3, -0.25) is 25.2 Å². The molecule has 1 unspecified atom stereocenters. The fourth-order valence-electron chi connectivity index (χ4n) is 3.46. The van der Waals surface area contributed by atoms with Crippen LogP contribution < -0.4 is 15.6 Å². The fraction of sp³-hybridized carbons (Fsp3) is 0.348. The van der Waals surface area contributed by atoms with Crippen molar-refractivity contribution in [1.29, 1.82) is 0 Å². The first-order chi connectivity index (χ1) is 14.6. The first kappa shape index (κ1) is 21.4. The van der Waals surface area contributed by atoms with Gasteiger partial charge in [-0.15, -0.1) is 0 Å². The molecule has 1 aliphatic heterocycles. The van der Waals surface area contributed by atoms with Gasteiger partial charge in [-0.2, -0.15) is 0 Å². The minimum Gasteiger partial charge on any atom is -0.494 e. The Morgan fingerprint density at radius 2 is 1.77 bits per heavy atom. The third-order valence-corrected chi connectivity index (χ3v) is 5.07. The molecule has 1 fully saturated rings. The van der Waals surface area contributed by atoms with Crippen LogP contribution in [0.1, 0.15) is 35.7 Å². The van der Waals surface area contributed by atoms with Crippen molar-refractivity contribution in [3.8, 4) is 5.75 Å². The average Bonchev–Trinajstić information content (AvgIpc) is 2.78. The number of benzene rings is 2. The summed E-state index contributed by atoms with van der Waals surface area (Å²) in [6.07, 6.45) is 1.76. The molecule has 3 amide bonds. The predicted molar refractivity (Wildman–Crippen MR) is 113 cm³/mol. The Balaban J connectivity index is 1.48. The molecule has 7 nitrogen and oxygen atoms in total. The van der Waals surface area contributed by atoms with Crippen molar-refractivity contribution in [2.45, 2.75) is 26.2 Å². The van der Waals surface area contributed by atoms with Crippen LogP contribution in [0, 0.1) is 5.92 Å². The molecule has 2 aromatic rings. The minimum atomic E-state index is -0.404. The molecule has 0 saturated carbocycles. The van der Waals surface area contributed by atoms with E-state index in [0.717, 1.165) is 12.0 Å². The number of likely N-dealkylation sites (tertiary alicyclic amines) is 1. The molecule has 30 heavy (non-hydrogen) atoms. The second-order valence-electron chi connectivity index (χ2n) is 7.24. The Bertz CT molecular complexity index is 868. The van der Waals surface area contributed by atoms with Crippen LogP contribution in [0.15, 0.2) is 54.6 Å². The van der Waals surface area contributed by atoms with Crippen molar-refractivity contribution in [3.63, 3.8) is 0 Å². The monoisotopic (exact) mass is 409 g/mol. The van der Waals surface area contributed by atoms with Gasteiger partial charge in [0, 0.05) is 18.7 Å². The zero-order chi connectivity index (χ0) is 21.3. The summed E-state index contributed by atoms with van der Waals surface area (Å²) in [5.41, 5.74) is 6.31. The van der Waals surface area contributed by atoms with E-state index in [4.69, 9.17) is 4.74 Å². The summed E-state index contributed by atoms with van der Waals surface area (Å²) >= 11 is 0. The van der Waals surface area contributed by atoms with Crippen molar-refractivity contribution in [3.05, 3.63) is 65.7 Å². The molecule has 0 radical (unpaired) electrons. The van der Waals surface area contributed by atoms with Gasteiger partial charge in [-0.05, 0) is 49.6 Å². The quantitative estimate of drug-likeness (QED) is 0.717. The standard InChI is InChI=1S/C23H27N3O4/c1-2-30-20-12-10-18(11-13-20)22(28)24-25-23(29)19-9-6-14-26(16-19)21(27)15-17-7-4-3-5-8-17/h3-5,7-8,10-13,19H,2,6,9,14-16H2,1H3,(H,24,28)(H,25,29). The molecule has 7 heteroatoms.